The second kappa shape index (κ2) is 5.61. The number of amides is 1. The Morgan fingerprint density at radius 3 is 2.79 bits per heavy atom. The Morgan fingerprint density at radius 1 is 1.42 bits per heavy atom. The number of anilines is 1. The molecule has 1 amide bonds. The molecule has 1 heterocycles. The summed E-state index contributed by atoms with van der Waals surface area (Å²) in [6.07, 6.45) is 2.15. The highest BCUT2D eigenvalue weighted by Crippen LogP contribution is 2.26. The number of nitrogens with one attached hydrogen (secondary N) is 1. The Labute approximate surface area is 114 Å². The van der Waals surface area contributed by atoms with Crippen LogP contribution >= 0.6 is 0 Å². The first-order valence-corrected chi connectivity index (χ1v) is 6.91. The fourth-order valence-corrected chi connectivity index (χ4v) is 2.83. The van der Waals surface area contributed by atoms with Gasteiger partial charge in [0.15, 0.2) is 0 Å². The Hall–Kier alpha value is -1.55. The van der Waals surface area contributed by atoms with E-state index in [0.29, 0.717) is 23.2 Å². The first-order valence-electron chi connectivity index (χ1n) is 6.91. The van der Waals surface area contributed by atoms with Gasteiger partial charge >= 0.3 is 0 Å². The van der Waals surface area contributed by atoms with Gasteiger partial charge in [-0.05, 0) is 50.3 Å². The van der Waals surface area contributed by atoms with Gasteiger partial charge in [-0.1, -0.05) is 13.0 Å². The normalized spacial score (nSPS) is 23.3. The number of likely N-dealkylation sites (tertiary alicyclic amines) is 1. The number of rotatable bonds is 2. The predicted octanol–water partition coefficient (Wildman–Crippen LogP) is 2.54. The minimum absolute atomic E-state index is 0.0763. The molecule has 2 atom stereocenters. The third-order valence-corrected chi connectivity index (χ3v) is 3.96. The van der Waals surface area contributed by atoms with Gasteiger partial charge in [-0.2, -0.15) is 0 Å². The minimum Gasteiger partial charge on any atom is -0.336 e. The second-order valence-corrected chi connectivity index (χ2v) is 5.67. The lowest BCUT2D eigenvalue weighted by atomic mass is 9.92. The van der Waals surface area contributed by atoms with E-state index in [1.807, 2.05) is 30.0 Å². The van der Waals surface area contributed by atoms with Gasteiger partial charge in [-0.15, -0.1) is 0 Å². The molecule has 3 N–H and O–H groups in total. The third kappa shape index (κ3) is 2.89. The summed E-state index contributed by atoms with van der Waals surface area (Å²) < 4.78 is 0. The van der Waals surface area contributed by atoms with E-state index in [1.165, 1.54) is 0 Å². The molecular weight excluding hydrogens is 238 g/mol. The van der Waals surface area contributed by atoms with Crippen molar-refractivity contribution in [3.63, 3.8) is 0 Å². The van der Waals surface area contributed by atoms with Crippen LogP contribution in [0.2, 0.25) is 0 Å². The Morgan fingerprint density at radius 2 is 2.16 bits per heavy atom. The van der Waals surface area contributed by atoms with Crippen molar-refractivity contribution in [3.8, 4) is 0 Å². The highest BCUT2D eigenvalue weighted by Gasteiger charge is 2.28. The van der Waals surface area contributed by atoms with Crippen LogP contribution in [0.15, 0.2) is 18.2 Å². The predicted molar refractivity (Wildman–Crippen MR) is 77.9 cm³/mol. The molecule has 4 nitrogen and oxygen atoms in total. The number of aryl methyl sites for hydroxylation is 1. The number of carbonyl (C=O) groups is 1. The number of hydrogen-bond donors (Lipinski definition) is 2. The maximum atomic E-state index is 12.6. The molecule has 4 heteroatoms. The van der Waals surface area contributed by atoms with Gasteiger partial charge in [-0.3, -0.25) is 10.6 Å². The SMILES string of the molecule is Cc1ccc(C(=O)N2CCC(C)CC2C)c(NN)c1. The number of piperidine rings is 1. The lowest BCUT2D eigenvalue weighted by Gasteiger charge is -2.36. The van der Waals surface area contributed by atoms with Crippen LogP contribution in [0.3, 0.4) is 0 Å². The van der Waals surface area contributed by atoms with Crippen molar-refractivity contribution in [3.05, 3.63) is 29.3 Å². The Kier molecular flexibility index (Phi) is 4.10. The summed E-state index contributed by atoms with van der Waals surface area (Å²) in [5.41, 5.74) is 5.09. The smallest absolute Gasteiger partial charge is 0.256 e. The van der Waals surface area contributed by atoms with Crippen molar-refractivity contribution >= 4 is 11.6 Å². The summed E-state index contributed by atoms with van der Waals surface area (Å²) in [4.78, 5) is 14.6. The maximum absolute atomic E-state index is 12.6. The quantitative estimate of drug-likeness (QED) is 0.635. The highest BCUT2D eigenvalue weighted by molar-refractivity contribution is 5.99. The molecule has 2 unspecified atom stereocenters. The lowest BCUT2D eigenvalue weighted by molar-refractivity contribution is 0.0589. The molecule has 0 aromatic heterocycles. The number of hydrazine groups is 1. The van der Waals surface area contributed by atoms with Gasteiger partial charge in [0.25, 0.3) is 5.91 Å². The van der Waals surface area contributed by atoms with Gasteiger partial charge in [0.2, 0.25) is 0 Å². The summed E-state index contributed by atoms with van der Waals surface area (Å²) in [5, 5.41) is 0. The average molecular weight is 261 g/mol. The molecule has 0 aliphatic carbocycles. The van der Waals surface area contributed by atoms with Crippen LogP contribution < -0.4 is 11.3 Å². The first kappa shape index (κ1) is 13.9. The zero-order valence-corrected chi connectivity index (χ0v) is 11.9. The van der Waals surface area contributed by atoms with Crippen molar-refractivity contribution in [2.75, 3.05) is 12.0 Å². The van der Waals surface area contributed by atoms with Gasteiger partial charge in [-0.25, -0.2) is 0 Å². The number of carbonyl (C=O) groups excluding carboxylic acids is 1. The van der Waals surface area contributed by atoms with E-state index in [1.54, 1.807) is 0 Å². The molecule has 19 heavy (non-hydrogen) atoms. The number of nitrogens with zero attached hydrogens (tertiary/aromatic N) is 1. The zero-order valence-electron chi connectivity index (χ0n) is 11.9. The Balaban J connectivity index is 2.24. The molecule has 1 aliphatic rings. The minimum atomic E-state index is 0.0763. The topological polar surface area (TPSA) is 58.4 Å². The molecule has 2 rings (SSSR count). The Bertz CT molecular complexity index is 472. The number of benzene rings is 1. The van der Waals surface area contributed by atoms with Crippen LogP contribution in [-0.2, 0) is 0 Å². The van der Waals surface area contributed by atoms with Crippen LogP contribution in [-0.4, -0.2) is 23.4 Å². The standard InChI is InChI=1S/C15H23N3O/c1-10-4-5-13(14(9-10)17-16)15(19)18-7-6-11(2)8-12(18)3/h4-5,9,11-12,17H,6-8,16H2,1-3H3. The van der Waals surface area contributed by atoms with Crippen molar-refractivity contribution in [2.24, 2.45) is 11.8 Å². The van der Waals surface area contributed by atoms with E-state index in [-0.39, 0.29) is 5.91 Å². The van der Waals surface area contributed by atoms with Gasteiger partial charge in [0.1, 0.15) is 0 Å². The van der Waals surface area contributed by atoms with E-state index in [0.717, 1.165) is 24.9 Å². The first-order chi connectivity index (χ1) is 9.02. The van der Waals surface area contributed by atoms with E-state index in [2.05, 4.69) is 19.3 Å². The van der Waals surface area contributed by atoms with Crippen LogP contribution in [0.4, 0.5) is 5.69 Å². The molecule has 0 radical (unpaired) electrons. The molecule has 1 fully saturated rings. The number of nitrogens with two attached hydrogens (primary N) is 1. The second-order valence-electron chi connectivity index (χ2n) is 5.67. The lowest BCUT2D eigenvalue weighted by Crippen LogP contribution is -2.44. The fraction of sp³-hybridized carbons (Fsp3) is 0.533. The maximum Gasteiger partial charge on any atom is 0.256 e. The molecule has 104 valence electrons. The third-order valence-electron chi connectivity index (χ3n) is 3.96. The van der Waals surface area contributed by atoms with Crippen LogP contribution in [0.5, 0.6) is 0 Å². The molecular formula is C15H23N3O. The molecule has 1 saturated heterocycles. The van der Waals surface area contributed by atoms with Crippen LogP contribution in [0.25, 0.3) is 0 Å². The van der Waals surface area contributed by atoms with Crippen molar-refractivity contribution in [1.82, 2.24) is 4.90 Å². The summed E-state index contributed by atoms with van der Waals surface area (Å²) in [5.74, 6) is 6.30. The van der Waals surface area contributed by atoms with Crippen molar-refractivity contribution < 1.29 is 4.79 Å². The summed E-state index contributed by atoms with van der Waals surface area (Å²) in [7, 11) is 0. The number of hydrogen-bond acceptors (Lipinski definition) is 3. The summed E-state index contributed by atoms with van der Waals surface area (Å²) in [6.45, 7) is 7.19. The molecule has 0 saturated carbocycles. The van der Waals surface area contributed by atoms with E-state index < -0.39 is 0 Å². The monoisotopic (exact) mass is 261 g/mol. The highest BCUT2D eigenvalue weighted by atomic mass is 16.2. The molecule has 1 aromatic carbocycles. The van der Waals surface area contributed by atoms with Gasteiger partial charge in [0.05, 0.1) is 11.3 Å². The van der Waals surface area contributed by atoms with E-state index in [4.69, 9.17) is 5.84 Å². The average Bonchev–Trinajstić information content (AvgIpc) is 2.37. The summed E-state index contributed by atoms with van der Waals surface area (Å²) >= 11 is 0. The number of nitrogen functional groups attached to an aromatic ring is 1. The zero-order chi connectivity index (χ0) is 14.0. The van der Waals surface area contributed by atoms with Gasteiger partial charge in [0, 0.05) is 12.6 Å². The van der Waals surface area contributed by atoms with Crippen molar-refractivity contribution in [2.45, 2.75) is 39.7 Å². The van der Waals surface area contributed by atoms with E-state index in [9.17, 15) is 4.79 Å². The van der Waals surface area contributed by atoms with Crippen molar-refractivity contribution in [1.29, 1.82) is 0 Å². The van der Waals surface area contributed by atoms with Crippen LogP contribution in [0.1, 0.15) is 42.6 Å². The van der Waals surface area contributed by atoms with Gasteiger partial charge < -0.3 is 10.3 Å². The molecule has 0 spiro atoms. The summed E-state index contributed by atoms with van der Waals surface area (Å²) in [6, 6.07) is 6.01. The largest absolute Gasteiger partial charge is 0.336 e. The van der Waals surface area contributed by atoms with E-state index >= 15 is 0 Å². The molecule has 1 aromatic rings. The molecule has 0 bridgehead atoms. The fourth-order valence-electron chi connectivity index (χ4n) is 2.83. The molecule has 1 aliphatic heterocycles. The van der Waals surface area contributed by atoms with Crippen LogP contribution in [0, 0.1) is 12.8 Å².